The molecule has 7 nitrogen and oxygen atoms in total. The fourth-order valence-electron chi connectivity index (χ4n) is 1.57. The van der Waals surface area contributed by atoms with Crippen LogP contribution in [0.3, 0.4) is 0 Å². The van der Waals surface area contributed by atoms with Crippen LogP contribution in [-0.4, -0.2) is 0 Å². The van der Waals surface area contributed by atoms with Crippen molar-refractivity contribution < 1.29 is 0 Å². The van der Waals surface area contributed by atoms with Gasteiger partial charge in [0.15, 0.2) is 0 Å². The van der Waals surface area contributed by atoms with Crippen molar-refractivity contribution in [3.63, 3.8) is 0 Å². The van der Waals surface area contributed by atoms with Gasteiger partial charge in [0.1, 0.15) is 11.4 Å². The highest BCUT2D eigenvalue weighted by atomic mass is 15.5. The number of nitrogens with zero attached hydrogens (tertiary/aromatic N) is 7. The summed E-state index contributed by atoms with van der Waals surface area (Å²) < 4.78 is 0. The van der Waals surface area contributed by atoms with E-state index in [-0.39, 0.29) is 0 Å². The minimum atomic E-state index is 0.500. The minimum Gasteiger partial charge on any atom is -0.179 e. The van der Waals surface area contributed by atoms with Gasteiger partial charge in [0, 0.05) is 10.6 Å². The number of azide groups is 2. The molecule has 0 heterocycles. The third-order valence-corrected chi connectivity index (χ3v) is 2.38. The molecule has 92 valence electrons. The van der Waals surface area contributed by atoms with E-state index in [4.69, 9.17) is 11.1 Å². The van der Waals surface area contributed by atoms with Crippen molar-refractivity contribution in [2.24, 2.45) is 10.3 Å². The third-order valence-electron chi connectivity index (χ3n) is 2.38. The molecule has 2 aromatic carbocycles. The summed E-state index contributed by atoms with van der Waals surface area (Å²) in [6.45, 7) is 0. The van der Waals surface area contributed by atoms with Gasteiger partial charge in [-0.3, -0.25) is 0 Å². The van der Waals surface area contributed by atoms with Crippen LogP contribution in [0.2, 0.25) is 0 Å². The van der Waals surface area contributed by atoms with Crippen LogP contribution in [0, 0.1) is 0 Å². The lowest BCUT2D eigenvalue weighted by Gasteiger charge is -2.12. The van der Waals surface area contributed by atoms with E-state index < -0.39 is 0 Å². The van der Waals surface area contributed by atoms with Crippen LogP contribution in [0.5, 0.6) is 0 Å². The highest BCUT2D eigenvalue weighted by molar-refractivity contribution is 5.63. The summed E-state index contributed by atoms with van der Waals surface area (Å²) in [7, 11) is 0. The van der Waals surface area contributed by atoms with E-state index in [9.17, 15) is 0 Å². The number of hydrogen-bond acceptors (Lipinski definition) is 2. The predicted octanol–water partition coefficient (Wildman–Crippen LogP) is 4.99. The van der Waals surface area contributed by atoms with Crippen LogP contribution in [0.4, 0.5) is 17.1 Å². The lowest BCUT2D eigenvalue weighted by Crippen LogP contribution is -2.06. The van der Waals surface area contributed by atoms with Crippen LogP contribution in [0.25, 0.3) is 20.9 Å². The molecule has 7 heteroatoms. The van der Waals surface area contributed by atoms with E-state index in [2.05, 4.69) is 20.2 Å². The van der Waals surface area contributed by atoms with Crippen molar-refractivity contribution in [2.75, 3.05) is 5.01 Å². The summed E-state index contributed by atoms with van der Waals surface area (Å²) in [5, 5.41) is 8.59. The van der Waals surface area contributed by atoms with E-state index in [1.54, 1.807) is 24.3 Å². The Bertz CT molecular complexity index is 638. The minimum absolute atomic E-state index is 0.500. The van der Waals surface area contributed by atoms with Crippen molar-refractivity contribution >= 4 is 17.1 Å². The van der Waals surface area contributed by atoms with E-state index in [0.717, 1.165) is 5.69 Å². The van der Waals surface area contributed by atoms with Crippen LogP contribution in [0.15, 0.2) is 64.9 Å². The number of benzene rings is 2. The highest BCUT2D eigenvalue weighted by Crippen LogP contribution is 2.27. The van der Waals surface area contributed by atoms with Gasteiger partial charge in [-0.2, -0.15) is 9.92 Å². The molecule has 19 heavy (non-hydrogen) atoms. The summed E-state index contributed by atoms with van der Waals surface area (Å²) in [6.07, 6.45) is 0. The van der Waals surface area contributed by atoms with Gasteiger partial charge in [-0.25, -0.2) is 0 Å². The Labute approximate surface area is 108 Å². The van der Waals surface area contributed by atoms with Crippen molar-refractivity contribution in [1.82, 2.24) is 0 Å². The first-order valence-electron chi connectivity index (χ1n) is 5.40. The van der Waals surface area contributed by atoms with Crippen LogP contribution >= 0.6 is 0 Å². The second kappa shape index (κ2) is 5.97. The Kier molecular flexibility index (Phi) is 3.87. The molecule has 2 aromatic rings. The number of para-hydroxylation sites is 1. The molecular weight excluding hydrogens is 242 g/mol. The topological polar surface area (TPSA) is 101 Å². The zero-order valence-electron chi connectivity index (χ0n) is 9.83. The van der Waals surface area contributed by atoms with Gasteiger partial charge in [-0.05, 0) is 47.2 Å². The molecule has 0 aliphatic heterocycles. The molecule has 0 bridgehead atoms. The maximum absolute atomic E-state index is 8.65. The fraction of sp³-hybridized carbons (Fsp3) is 0. The van der Waals surface area contributed by atoms with Gasteiger partial charge in [0.25, 0.3) is 0 Å². The molecule has 0 atom stereocenters. The molecule has 0 aliphatic rings. The molecule has 0 aliphatic carbocycles. The molecule has 0 saturated carbocycles. The summed E-state index contributed by atoms with van der Waals surface area (Å²) in [5.41, 5.74) is 18.9. The first-order chi connectivity index (χ1) is 9.35. The zero-order valence-corrected chi connectivity index (χ0v) is 9.83. The van der Waals surface area contributed by atoms with Crippen LogP contribution < -0.4 is 5.01 Å². The van der Waals surface area contributed by atoms with Crippen molar-refractivity contribution in [3.8, 4) is 0 Å². The first kappa shape index (κ1) is 12.3. The molecule has 2 rings (SSSR count). The van der Waals surface area contributed by atoms with Gasteiger partial charge < -0.3 is 0 Å². The number of anilines is 2. The second-order valence-corrected chi connectivity index (χ2v) is 3.53. The van der Waals surface area contributed by atoms with Crippen LogP contribution in [-0.2, 0) is 0 Å². The largest absolute Gasteiger partial charge is 0.179 e. The summed E-state index contributed by atoms with van der Waals surface area (Å²) in [5.74, 6) is 0. The van der Waals surface area contributed by atoms with E-state index in [0.29, 0.717) is 11.4 Å². The fourth-order valence-corrected chi connectivity index (χ4v) is 1.57. The lowest BCUT2D eigenvalue weighted by molar-refractivity contribution is 1.06. The molecule has 0 radical (unpaired) electrons. The molecule has 0 aromatic heterocycles. The third kappa shape index (κ3) is 2.95. The Morgan fingerprint density at radius 2 is 1.42 bits per heavy atom. The molecule has 0 amide bonds. The van der Waals surface area contributed by atoms with Gasteiger partial charge >= 0.3 is 0 Å². The Hall–Kier alpha value is -3.14. The molecule has 0 unspecified atom stereocenters. The SMILES string of the molecule is [N-]=[N+]=Nc1ccc(N(N=[N+]=[N-])c2ccccc2)cc1. The number of hydrogen-bond donors (Lipinski definition) is 0. The first-order valence-corrected chi connectivity index (χ1v) is 5.40. The highest BCUT2D eigenvalue weighted by Gasteiger charge is 2.11. The number of rotatable bonds is 4. The van der Waals surface area contributed by atoms with E-state index in [1.165, 1.54) is 5.01 Å². The van der Waals surface area contributed by atoms with Gasteiger partial charge in [-0.1, -0.05) is 23.3 Å². The second-order valence-electron chi connectivity index (χ2n) is 3.53. The molecule has 0 spiro atoms. The maximum Gasteiger partial charge on any atom is 0.136 e. The average Bonchev–Trinajstić information content (AvgIpc) is 2.47. The zero-order chi connectivity index (χ0) is 13.5. The quantitative estimate of drug-likeness (QED) is 0.325. The molecule has 0 fully saturated rings. The van der Waals surface area contributed by atoms with Gasteiger partial charge in [0.05, 0.1) is 0 Å². The van der Waals surface area contributed by atoms with E-state index in [1.807, 2.05) is 30.3 Å². The van der Waals surface area contributed by atoms with Crippen molar-refractivity contribution in [2.45, 2.75) is 0 Å². The van der Waals surface area contributed by atoms with Gasteiger partial charge in [-0.15, -0.1) is 5.53 Å². The lowest BCUT2D eigenvalue weighted by atomic mass is 10.2. The standard InChI is InChI=1S/C12H9N7/c13-16-15-10-6-8-12(9-7-10)19(18-17-14)11-4-2-1-3-5-11/h1-9H. The summed E-state index contributed by atoms with van der Waals surface area (Å²) in [6, 6.07) is 16.0. The predicted molar refractivity (Wildman–Crippen MR) is 73.0 cm³/mol. The van der Waals surface area contributed by atoms with Crippen molar-refractivity contribution in [3.05, 3.63) is 75.5 Å². The molecular formula is C12H9N7. The summed E-state index contributed by atoms with van der Waals surface area (Å²) >= 11 is 0. The van der Waals surface area contributed by atoms with Crippen LogP contribution in [0.1, 0.15) is 0 Å². The smallest absolute Gasteiger partial charge is 0.136 e. The Morgan fingerprint density at radius 3 is 2.00 bits per heavy atom. The van der Waals surface area contributed by atoms with Gasteiger partial charge in [0.2, 0.25) is 0 Å². The monoisotopic (exact) mass is 251 g/mol. The van der Waals surface area contributed by atoms with Crippen molar-refractivity contribution in [1.29, 1.82) is 0 Å². The molecule has 0 saturated heterocycles. The average molecular weight is 251 g/mol. The molecule has 0 N–H and O–H groups in total. The van der Waals surface area contributed by atoms with E-state index >= 15 is 0 Å². The normalized spacial score (nSPS) is 9.05. The Balaban J connectivity index is 2.40. The Morgan fingerprint density at radius 1 is 0.789 bits per heavy atom. The maximum atomic E-state index is 8.65. The summed E-state index contributed by atoms with van der Waals surface area (Å²) in [4.78, 5) is 5.52.